The second kappa shape index (κ2) is 6.21. The molecule has 7 heteroatoms. The molecule has 4 saturated carbocycles. The number of benzene rings is 1. The molecule has 2 N–H and O–H groups in total. The zero-order valence-electron chi connectivity index (χ0n) is 16.3. The Morgan fingerprint density at radius 1 is 1.03 bits per heavy atom. The molecule has 1 amide bonds. The summed E-state index contributed by atoms with van der Waals surface area (Å²) in [5.41, 5.74) is 3.87. The van der Waals surface area contributed by atoms with Crippen LogP contribution in [0.3, 0.4) is 0 Å². The number of hydrogen-bond donors (Lipinski definition) is 2. The van der Waals surface area contributed by atoms with Gasteiger partial charge in [-0.25, -0.2) is 0 Å². The third kappa shape index (κ3) is 2.81. The smallest absolute Gasteiger partial charge is 0.248 e. The van der Waals surface area contributed by atoms with Crippen molar-refractivity contribution in [3.8, 4) is 11.5 Å². The lowest BCUT2D eigenvalue weighted by Crippen LogP contribution is -2.51. The Hall–Kier alpha value is -2.57. The van der Waals surface area contributed by atoms with Crippen molar-refractivity contribution in [2.75, 3.05) is 12.1 Å². The molecule has 1 unspecified atom stereocenters. The Morgan fingerprint density at radius 2 is 1.72 bits per heavy atom. The molecule has 6 aliphatic rings. The van der Waals surface area contributed by atoms with Crippen molar-refractivity contribution in [3.63, 3.8) is 0 Å². The van der Waals surface area contributed by atoms with Crippen molar-refractivity contribution in [3.05, 3.63) is 18.2 Å². The second-order valence-electron chi connectivity index (χ2n) is 9.53. The van der Waals surface area contributed by atoms with Crippen molar-refractivity contribution in [1.29, 1.82) is 0 Å². The van der Waals surface area contributed by atoms with E-state index in [9.17, 15) is 9.59 Å². The van der Waals surface area contributed by atoms with Crippen molar-refractivity contribution in [2.45, 2.75) is 51.0 Å². The van der Waals surface area contributed by atoms with E-state index >= 15 is 0 Å². The normalized spacial score (nSPS) is 35.9. The van der Waals surface area contributed by atoms with E-state index < -0.39 is 6.04 Å². The quantitative estimate of drug-likeness (QED) is 0.818. The molecule has 4 bridgehead atoms. The monoisotopic (exact) mass is 395 g/mol. The molecule has 1 atom stereocenters. The summed E-state index contributed by atoms with van der Waals surface area (Å²) in [6, 6.07) is 4.78. The predicted molar refractivity (Wildman–Crippen MR) is 106 cm³/mol. The summed E-state index contributed by atoms with van der Waals surface area (Å²) in [4.78, 5) is 26.1. The van der Waals surface area contributed by atoms with Crippen LogP contribution >= 0.6 is 0 Å². The van der Waals surface area contributed by atoms with Crippen molar-refractivity contribution in [1.82, 2.24) is 5.43 Å². The SMILES string of the molecule is O=C(Nc1ccc2c(c1)OCO2)C1CC(C(=O)C23CC4CC(CC(C4)C2)C3)=NN1. The highest BCUT2D eigenvalue weighted by Gasteiger charge is 2.55. The van der Waals surface area contributed by atoms with Crippen LogP contribution in [-0.4, -0.2) is 30.2 Å². The van der Waals surface area contributed by atoms with Crippen molar-refractivity contribution < 1.29 is 19.1 Å². The highest BCUT2D eigenvalue weighted by atomic mass is 16.7. The number of carbonyl (C=O) groups is 2. The van der Waals surface area contributed by atoms with E-state index in [0.29, 0.717) is 47.1 Å². The van der Waals surface area contributed by atoms with E-state index in [0.717, 1.165) is 19.3 Å². The average molecular weight is 395 g/mol. The van der Waals surface area contributed by atoms with E-state index in [1.165, 1.54) is 19.3 Å². The predicted octanol–water partition coefficient (Wildman–Crippen LogP) is 2.86. The molecule has 29 heavy (non-hydrogen) atoms. The Balaban J connectivity index is 1.12. The first-order valence-electron chi connectivity index (χ1n) is 10.7. The fraction of sp³-hybridized carbons (Fsp3) is 0.591. The minimum Gasteiger partial charge on any atom is -0.454 e. The fourth-order valence-corrected chi connectivity index (χ4v) is 6.63. The van der Waals surface area contributed by atoms with Crippen LogP contribution in [0, 0.1) is 23.2 Å². The highest BCUT2D eigenvalue weighted by molar-refractivity contribution is 6.42. The lowest BCUT2D eigenvalue weighted by molar-refractivity contribution is -0.136. The maximum Gasteiger partial charge on any atom is 0.248 e. The van der Waals surface area contributed by atoms with Crippen LogP contribution in [0.1, 0.15) is 44.9 Å². The first kappa shape index (κ1) is 17.3. The lowest BCUT2D eigenvalue weighted by Gasteiger charge is -2.55. The number of carbonyl (C=O) groups excluding carboxylic acids is 2. The number of rotatable bonds is 4. The van der Waals surface area contributed by atoms with Gasteiger partial charge in [-0.15, -0.1) is 0 Å². The summed E-state index contributed by atoms with van der Waals surface area (Å²) < 4.78 is 10.7. The van der Waals surface area contributed by atoms with Gasteiger partial charge in [0.25, 0.3) is 0 Å². The first-order valence-corrected chi connectivity index (χ1v) is 10.7. The van der Waals surface area contributed by atoms with E-state index in [-0.39, 0.29) is 23.9 Å². The zero-order chi connectivity index (χ0) is 19.6. The molecule has 0 spiro atoms. The molecule has 0 saturated heterocycles. The molecule has 1 aromatic rings. The molecular formula is C22H25N3O4. The molecule has 7 nitrogen and oxygen atoms in total. The summed E-state index contributed by atoms with van der Waals surface area (Å²) in [5, 5.41) is 7.19. The molecular weight excluding hydrogens is 370 g/mol. The van der Waals surface area contributed by atoms with E-state index in [1.54, 1.807) is 18.2 Å². The van der Waals surface area contributed by atoms with Gasteiger partial charge in [0.15, 0.2) is 17.3 Å². The summed E-state index contributed by atoms with van der Waals surface area (Å²) in [5.74, 6) is 3.44. The van der Waals surface area contributed by atoms with Gasteiger partial charge < -0.3 is 14.8 Å². The van der Waals surface area contributed by atoms with E-state index in [4.69, 9.17) is 9.47 Å². The minimum absolute atomic E-state index is 0.194. The van der Waals surface area contributed by atoms with Crippen LogP contribution in [0.25, 0.3) is 0 Å². The van der Waals surface area contributed by atoms with Gasteiger partial charge in [-0.2, -0.15) is 5.10 Å². The fourth-order valence-electron chi connectivity index (χ4n) is 6.63. The summed E-state index contributed by atoms with van der Waals surface area (Å²) in [6.45, 7) is 0.195. The molecule has 4 aliphatic carbocycles. The lowest BCUT2D eigenvalue weighted by atomic mass is 9.48. The maximum absolute atomic E-state index is 13.4. The minimum atomic E-state index is -0.520. The largest absolute Gasteiger partial charge is 0.454 e. The van der Waals surface area contributed by atoms with Gasteiger partial charge in [-0.1, -0.05) is 0 Å². The van der Waals surface area contributed by atoms with Gasteiger partial charge in [0.2, 0.25) is 12.7 Å². The van der Waals surface area contributed by atoms with Crippen LogP contribution in [-0.2, 0) is 9.59 Å². The van der Waals surface area contributed by atoms with Gasteiger partial charge in [0, 0.05) is 23.6 Å². The summed E-state index contributed by atoms with van der Waals surface area (Å²) >= 11 is 0. The molecule has 152 valence electrons. The number of nitrogens with zero attached hydrogens (tertiary/aromatic N) is 1. The number of ketones is 1. The molecule has 7 rings (SSSR count). The number of hydrogen-bond acceptors (Lipinski definition) is 6. The number of amides is 1. The van der Waals surface area contributed by atoms with E-state index in [1.807, 2.05) is 0 Å². The van der Waals surface area contributed by atoms with Gasteiger partial charge in [0.1, 0.15) is 11.8 Å². The number of Topliss-reactive ketones (excluding diaryl/α,β-unsaturated/α-hetero) is 1. The van der Waals surface area contributed by atoms with Gasteiger partial charge in [-0.3, -0.25) is 15.0 Å². The van der Waals surface area contributed by atoms with Crippen LogP contribution in [0.4, 0.5) is 5.69 Å². The molecule has 1 aromatic carbocycles. The Morgan fingerprint density at radius 3 is 2.45 bits per heavy atom. The number of fused-ring (bicyclic) bond motifs is 1. The molecule has 2 aliphatic heterocycles. The Kier molecular flexibility index (Phi) is 3.71. The average Bonchev–Trinajstić information content (AvgIpc) is 3.35. The Labute approximate surface area is 169 Å². The summed E-state index contributed by atoms with van der Waals surface area (Å²) in [6.07, 6.45) is 7.32. The molecule has 0 aromatic heterocycles. The van der Waals surface area contributed by atoms with Crippen molar-refractivity contribution >= 4 is 23.1 Å². The van der Waals surface area contributed by atoms with Crippen LogP contribution in [0.2, 0.25) is 0 Å². The third-order valence-electron chi connectivity index (χ3n) is 7.49. The standard InChI is InChI=1S/C22H25N3O4/c26-20(22-8-12-3-13(9-22)5-14(4-12)10-22)16-7-17(25-24-16)21(27)23-15-1-2-18-19(6-15)29-11-28-18/h1-2,6,12-14,17,25H,3-5,7-11H2,(H,23,27). The summed E-state index contributed by atoms with van der Waals surface area (Å²) in [7, 11) is 0. The zero-order valence-corrected chi connectivity index (χ0v) is 16.3. The topological polar surface area (TPSA) is 89.0 Å². The maximum atomic E-state index is 13.4. The number of hydrazone groups is 1. The Bertz CT molecular complexity index is 889. The number of anilines is 1. The molecule has 4 fully saturated rings. The van der Waals surface area contributed by atoms with Gasteiger partial charge in [-0.05, 0) is 68.4 Å². The molecule has 0 radical (unpaired) electrons. The molecule has 2 heterocycles. The van der Waals surface area contributed by atoms with Crippen LogP contribution in [0.5, 0.6) is 11.5 Å². The van der Waals surface area contributed by atoms with Crippen LogP contribution in [0.15, 0.2) is 23.3 Å². The van der Waals surface area contributed by atoms with Crippen molar-refractivity contribution in [2.24, 2.45) is 28.3 Å². The number of ether oxygens (including phenoxy) is 2. The van der Waals surface area contributed by atoms with Crippen LogP contribution < -0.4 is 20.2 Å². The number of nitrogens with one attached hydrogen (secondary N) is 2. The van der Waals surface area contributed by atoms with Gasteiger partial charge in [0.05, 0.1) is 0 Å². The first-order chi connectivity index (χ1) is 14.1. The highest BCUT2D eigenvalue weighted by Crippen LogP contribution is 2.60. The third-order valence-corrected chi connectivity index (χ3v) is 7.49. The second-order valence-corrected chi connectivity index (χ2v) is 9.53. The van der Waals surface area contributed by atoms with E-state index in [2.05, 4.69) is 15.8 Å². The van der Waals surface area contributed by atoms with Gasteiger partial charge >= 0.3 is 0 Å².